The number of carbonyl (C=O) groups excluding carboxylic acids is 2. The van der Waals surface area contributed by atoms with Crippen molar-refractivity contribution in [2.75, 3.05) is 0 Å². The van der Waals surface area contributed by atoms with E-state index in [2.05, 4.69) is 12.1 Å². The SMILES string of the molecule is O=CC[C@H]1C(=O)CC[C@@H]1Cc1ccccc1. The van der Waals surface area contributed by atoms with E-state index in [4.69, 9.17) is 0 Å². The Morgan fingerprint density at radius 3 is 2.69 bits per heavy atom. The zero-order chi connectivity index (χ0) is 11.4. The van der Waals surface area contributed by atoms with Crippen molar-refractivity contribution in [2.45, 2.75) is 25.7 Å². The van der Waals surface area contributed by atoms with Crippen LogP contribution in [0.1, 0.15) is 24.8 Å². The number of hydrogen-bond acceptors (Lipinski definition) is 2. The third-order valence-corrected chi connectivity index (χ3v) is 3.44. The molecular weight excluding hydrogens is 200 g/mol. The zero-order valence-corrected chi connectivity index (χ0v) is 9.26. The van der Waals surface area contributed by atoms with Gasteiger partial charge in [-0.2, -0.15) is 0 Å². The van der Waals surface area contributed by atoms with Crippen molar-refractivity contribution in [3.63, 3.8) is 0 Å². The Labute approximate surface area is 95.7 Å². The van der Waals surface area contributed by atoms with Gasteiger partial charge in [0.25, 0.3) is 0 Å². The molecule has 0 aliphatic heterocycles. The summed E-state index contributed by atoms with van der Waals surface area (Å²) in [5, 5.41) is 0. The smallest absolute Gasteiger partial charge is 0.136 e. The van der Waals surface area contributed by atoms with E-state index < -0.39 is 0 Å². The second kappa shape index (κ2) is 5.06. The van der Waals surface area contributed by atoms with Crippen LogP contribution in [0.4, 0.5) is 0 Å². The Balaban J connectivity index is 2.04. The van der Waals surface area contributed by atoms with Gasteiger partial charge in [-0.05, 0) is 24.3 Å². The van der Waals surface area contributed by atoms with Crippen molar-refractivity contribution in [3.05, 3.63) is 35.9 Å². The molecule has 0 N–H and O–H groups in total. The van der Waals surface area contributed by atoms with E-state index in [-0.39, 0.29) is 11.7 Å². The summed E-state index contributed by atoms with van der Waals surface area (Å²) in [5.74, 6) is 0.603. The van der Waals surface area contributed by atoms with Crippen molar-refractivity contribution in [2.24, 2.45) is 11.8 Å². The predicted octanol–water partition coefficient (Wildman–Crippen LogP) is 2.41. The number of rotatable bonds is 4. The van der Waals surface area contributed by atoms with Crippen LogP contribution in [0.2, 0.25) is 0 Å². The molecule has 0 saturated heterocycles. The maximum absolute atomic E-state index is 11.6. The summed E-state index contributed by atoms with van der Waals surface area (Å²) >= 11 is 0. The largest absolute Gasteiger partial charge is 0.303 e. The minimum atomic E-state index is -0.0299. The van der Waals surface area contributed by atoms with E-state index >= 15 is 0 Å². The molecule has 0 amide bonds. The fraction of sp³-hybridized carbons (Fsp3) is 0.429. The topological polar surface area (TPSA) is 34.1 Å². The molecule has 16 heavy (non-hydrogen) atoms. The molecular formula is C14H16O2. The van der Waals surface area contributed by atoms with Crippen LogP contribution in [0.3, 0.4) is 0 Å². The summed E-state index contributed by atoms with van der Waals surface area (Å²) in [4.78, 5) is 22.2. The molecule has 2 rings (SSSR count). The maximum Gasteiger partial charge on any atom is 0.136 e. The van der Waals surface area contributed by atoms with Crippen molar-refractivity contribution in [3.8, 4) is 0 Å². The summed E-state index contributed by atoms with van der Waals surface area (Å²) in [6.45, 7) is 0. The van der Waals surface area contributed by atoms with Gasteiger partial charge in [-0.25, -0.2) is 0 Å². The zero-order valence-electron chi connectivity index (χ0n) is 9.26. The number of carbonyl (C=O) groups is 2. The lowest BCUT2D eigenvalue weighted by molar-refractivity contribution is -0.123. The quantitative estimate of drug-likeness (QED) is 0.724. The maximum atomic E-state index is 11.6. The molecule has 84 valence electrons. The fourth-order valence-electron chi connectivity index (χ4n) is 2.57. The van der Waals surface area contributed by atoms with Gasteiger partial charge in [0.05, 0.1) is 0 Å². The summed E-state index contributed by atoms with van der Waals surface area (Å²) in [6.07, 6.45) is 3.79. The lowest BCUT2D eigenvalue weighted by atomic mass is 9.87. The average Bonchev–Trinajstić information content (AvgIpc) is 2.64. The highest BCUT2D eigenvalue weighted by molar-refractivity contribution is 5.85. The molecule has 1 aromatic carbocycles. The van der Waals surface area contributed by atoms with Crippen LogP contribution in [-0.2, 0) is 16.0 Å². The molecule has 1 aliphatic rings. The molecule has 0 radical (unpaired) electrons. The Hall–Kier alpha value is -1.44. The molecule has 0 spiro atoms. The Morgan fingerprint density at radius 1 is 1.25 bits per heavy atom. The normalized spacial score (nSPS) is 24.6. The number of Topliss-reactive ketones (excluding diaryl/α,β-unsaturated/α-hetero) is 1. The van der Waals surface area contributed by atoms with Gasteiger partial charge >= 0.3 is 0 Å². The van der Waals surface area contributed by atoms with Gasteiger partial charge in [0, 0.05) is 18.8 Å². The van der Waals surface area contributed by atoms with Crippen molar-refractivity contribution >= 4 is 12.1 Å². The predicted molar refractivity (Wildman–Crippen MR) is 62.0 cm³/mol. The summed E-state index contributed by atoms with van der Waals surface area (Å²) in [5.41, 5.74) is 1.26. The molecule has 2 nitrogen and oxygen atoms in total. The highest BCUT2D eigenvalue weighted by Crippen LogP contribution is 2.33. The summed E-state index contributed by atoms with van der Waals surface area (Å²) in [6, 6.07) is 10.2. The van der Waals surface area contributed by atoms with Crippen molar-refractivity contribution in [1.82, 2.24) is 0 Å². The molecule has 1 fully saturated rings. The second-order valence-corrected chi connectivity index (χ2v) is 4.46. The van der Waals surface area contributed by atoms with Gasteiger partial charge in [0.1, 0.15) is 12.1 Å². The van der Waals surface area contributed by atoms with Gasteiger partial charge in [-0.3, -0.25) is 4.79 Å². The van der Waals surface area contributed by atoms with E-state index in [9.17, 15) is 9.59 Å². The van der Waals surface area contributed by atoms with Crippen LogP contribution in [0.5, 0.6) is 0 Å². The Morgan fingerprint density at radius 2 is 2.00 bits per heavy atom. The third-order valence-electron chi connectivity index (χ3n) is 3.44. The number of hydrogen-bond donors (Lipinski definition) is 0. The highest BCUT2D eigenvalue weighted by Gasteiger charge is 2.33. The van der Waals surface area contributed by atoms with E-state index in [0.29, 0.717) is 18.8 Å². The Bertz CT molecular complexity index is 370. The molecule has 2 atom stereocenters. The first kappa shape index (κ1) is 11.1. The minimum absolute atomic E-state index is 0.0299. The monoisotopic (exact) mass is 216 g/mol. The van der Waals surface area contributed by atoms with Crippen LogP contribution in [0.15, 0.2) is 30.3 Å². The Kier molecular flexibility index (Phi) is 3.50. The summed E-state index contributed by atoms with van der Waals surface area (Å²) in [7, 11) is 0. The summed E-state index contributed by atoms with van der Waals surface area (Å²) < 4.78 is 0. The minimum Gasteiger partial charge on any atom is -0.303 e. The standard InChI is InChI=1S/C14H16O2/c15-9-8-13-12(6-7-14(13)16)10-11-4-2-1-3-5-11/h1-5,9,12-13H,6-8,10H2/t12-,13-/m1/s1. The molecule has 1 aliphatic carbocycles. The molecule has 1 saturated carbocycles. The number of ketones is 1. The van der Waals surface area contributed by atoms with Crippen LogP contribution in [0.25, 0.3) is 0 Å². The first-order valence-corrected chi connectivity index (χ1v) is 5.81. The molecule has 0 heterocycles. The highest BCUT2D eigenvalue weighted by atomic mass is 16.1. The molecule has 1 aromatic rings. The third kappa shape index (κ3) is 2.38. The van der Waals surface area contributed by atoms with E-state index in [1.807, 2.05) is 18.2 Å². The van der Waals surface area contributed by atoms with Crippen molar-refractivity contribution in [1.29, 1.82) is 0 Å². The second-order valence-electron chi connectivity index (χ2n) is 4.46. The van der Waals surface area contributed by atoms with E-state index in [1.54, 1.807) is 0 Å². The molecule has 0 unspecified atom stereocenters. The van der Waals surface area contributed by atoms with Crippen LogP contribution in [0, 0.1) is 11.8 Å². The average molecular weight is 216 g/mol. The van der Waals surface area contributed by atoms with Gasteiger partial charge < -0.3 is 4.79 Å². The van der Waals surface area contributed by atoms with Crippen molar-refractivity contribution < 1.29 is 9.59 Å². The van der Waals surface area contributed by atoms with Crippen LogP contribution >= 0.6 is 0 Å². The van der Waals surface area contributed by atoms with E-state index in [1.165, 1.54) is 5.56 Å². The fourth-order valence-corrected chi connectivity index (χ4v) is 2.57. The van der Waals surface area contributed by atoms with E-state index in [0.717, 1.165) is 19.1 Å². The van der Waals surface area contributed by atoms with Crippen LogP contribution in [-0.4, -0.2) is 12.1 Å². The molecule has 0 aromatic heterocycles. The van der Waals surface area contributed by atoms with Gasteiger partial charge in [-0.15, -0.1) is 0 Å². The number of aldehydes is 1. The van der Waals surface area contributed by atoms with Gasteiger partial charge in [0.2, 0.25) is 0 Å². The van der Waals surface area contributed by atoms with Gasteiger partial charge in [0.15, 0.2) is 0 Å². The lowest BCUT2D eigenvalue weighted by Crippen LogP contribution is -2.17. The first-order valence-electron chi connectivity index (χ1n) is 5.81. The first-order chi connectivity index (χ1) is 7.81. The van der Waals surface area contributed by atoms with Crippen LogP contribution < -0.4 is 0 Å². The molecule has 2 heteroatoms. The lowest BCUT2D eigenvalue weighted by Gasteiger charge is -2.15. The molecule has 0 bridgehead atoms. The van der Waals surface area contributed by atoms with Gasteiger partial charge in [-0.1, -0.05) is 30.3 Å². The number of benzene rings is 1.